The van der Waals surface area contributed by atoms with Gasteiger partial charge >= 0.3 is 12.1 Å². The molecule has 1 aliphatic heterocycles. The number of nitrogens with one attached hydrogen (secondary N) is 1. The lowest BCUT2D eigenvalue weighted by Gasteiger charge is -2.33. The third-order valence-corrected chi connectivity index (χ3v) is 4.26. The number of fused-ring (bicyclic) bond motifs is 1. The highest BCUT2D eigenvalue weighted by Gasteiger charge is 2.39. The quantitative estimate of drug-likeness (QED) is 0.820. The van der Waals surface area contributed by atoms with E-state index >= 15 is 0 Å². The zero-order valence-electron chi connectivity index (χ0n) is 15.7. The largest absolute Gasteiger partial charge is 0.492 e. The van der Waals surface area contributed by atoms with Gasteiger partial charge in [-0.1, -0.05) is 12.1 Å². The smallest absolute Gasteiger partial charge is 0.471 e. The summed E-state index contributed by atoms with van der Waals surface area (Å²) in [5.74, 6) is -1.50. The van der Waals surface area contributed by atoms with E-state index in [0.717, 1.165) is 5.56 Å². The maximum Gasteiger partial charge on any atom is 0.471 e. The van der Waals surface area contributed by atoms with Gasteiger partial charge in [0.25, 0.3) is 5.91 Å². The number of nitrogens with zero attached hydrogens (tertiary/aromatic N) is 1. The second-order valence-electron chi connectivity index (χ2n) is 6.55. The molecule has 1 heterocycles. The van der Waals surface area contributed by atoms with Crippen LogP contribution in [-0.4, -0.2) is 37.2 Å². The van der Waals surface area contributed by atoms with Crippen LogP contribution >= 0.6 is 0 Å². The maximum atomic E-state index is 12.5. The fourth-order valence-corrected chi connectivity index (χ4v) is 2.88. The SMILES string of the molecule is Cc1cccc(OCCN2C(=O)C(C)Oc3cc(NC(=O)C(F)(F)F)ccc32)c1. The topological polar surface area (TPSA) is 67.9 Å². The zero-order valence-corrected chi connectivity index (χ0v) is 15.7. The number of rotatable bonds is 5. The summed E-state index contributed by atoms with van der Waals surface area (Å²) in [6, 6.07) is 11.4. The van der Waals surface area contributed by atoms with Gasteiger partial charge in [0.15, 0.2) is 6.10 Å². The van der Waals surface area contributed by atoms with Crippen molar-refractivity contribution in [1.29, 1.82) is 0 Å². The Morgan fingerprint density at radius 3 is 2.69 bits per heavy atom. The number of hydrogen-bond acceptors (Lipinski definition) is 4. The monoisotopic (exact) mass is 408 g/mol. The number of alkyl halides is 3. The van der Waals surface area contributed by atoms with Crippen LogP contribution in [0.25, 0.3) is 0 Å². The van der Waals surface area contributed by atoms with Crippen LogP contribution in [0.15, 0.2) is 42.5 Å². The van der Waals surface area contributed by atoms with Crippen molar-refractivity contribution < 1.29 is 32.2 Å². The molecule has 9 heteroatoms. The molecular weight excluding hydrogens is 389 g/mol. The molecular formula is C20H19F3N2O4. The summed E-state index contributed by atoms with van der Waals surface area (Å²) in [4.78, 5) is 25.1. The number of anilines is 2. The molecule has 0 aliphatic carbocycles. The van der Waals surface area contributed by atoms with Gasteiger partial charge in [-0.2, -0.15) is 13.2 Å². The van der Waals surface area contributed by atoms with Crippen LogP contribution in [0, 0.1) is 6.92 Å². The van der Waals surface area contributed by atoms with Crippen molar-refractivity contribution in [3.8, 4) is 11.5 Å². The number of ether oxygens (including phenoxy) is 2. The second kappa shape index (κ2) is 8.02. The lowest BCUT2D eigenvalue weighted by molar-refractivity contribution is -0.167. The molecule has 0 spiro atoms. The van der Waals surface area contributed by atoms with Crippen molar-refractivity contribution in [3.05, 3.63) is 48.0 Å². The first-order valence-corrected chi connectivity index (χ1v) is 8.85. The molecule has 0 aromatic heterocycles. The van der Waals surface area contributed by atoms with E-state index in [-0.39, 0.29) is 30.5 Å². The van der Waals surface area contributed by atoms with E-state index in [1.807, 2.05) is 25.1 Å². The standard InChI is InChI=1S/C20H19F3N2O4/c1-12-4-3-5-15(10-12)28-9-8-25-16-7-6-14(24-19(27)20(21,22)23)11-17(16)29-13(2)18(25)26/h3-7,10-11,13H,8-9H2,1-2H3,(H,24,27). The predicted octanol–water partition coefficient (Wildman–Crippen LogP) is 3.69. The Labute approximate surface area is 165 Å². The Kier molecular flexibility index (Phi) is 5.67. The predicted molar refractivity (Wildman–Crippen MR) is 100 cm³/mol. The van der Waals surface area contributed by atoms with Crippen molar-refractivity contribution in [2.75, 3.05) is 23.4 Å². The normalized spacial score (nSPS) is 16.1. The molecule has 2 aromatic rings. The van der Waals surface area contributed by atoms with Gasteiger partial charge in [0.1, 0.15) is 18.1 Å². The van der Waals surface area contributed by atoms with E-state index in [9.17, 15) is 22.8 Å². The average Bonchev–Trinajstić information content (AvgIpc) is 2.64. The molecule has 1 aliphatic rings. The number of halogens is 3. The van der Waals surface area contributed by atoms with E-state index in [2.05, 4.69) is 0 Å². The number of carbonyl (C=O) groups excluding carboxylic acids is 2. The summed E-state index contributed by atoms with van der Waals surface area (Å²) < 4.78 is 48.5. The third-order valence-electron chi connectivity index (χ3n) is 4.26. The van der Waals surface area contributed by atoms with Crippen LogP contribution < -0.4 is 19.7 Å². The van der Waals surface area contributed by atoms with E-state index in [1.54, 1.807) is 18.3 Å². The summed E-state index contributed by atoms with van der Waals surface area (Å²) in [6.07, 6.45) is -5.82. The van der Waals surface area contributed by atoms with E-state index in [1.165, 1.54) is 23.1 Å². The average molecular weight is 408 g/mol. The minimum Gasteiger partial charge on any atom is -0.492 e. The van der Waals surface area contributed by atoms with Gasteiger partial charge in [0.05, 0.1) is 12.2 Å². The molecule has 29 heavy (non-hydrogen) atoms. The first kappa shape index (κ1) is 20.5. The molecule has 0 saturated heterocycles. The van der Waals surface area contributed by atoms with Gasteiger partial charge in [-0.3, -0.25) is 9.59 Å². The summed E-state index contributed by atoms with van der Waals surface area (Å²) in [7, 11) is 0. The van der Waals surface area contributed by atoms with Crippen LogP contribution in [0.5, 0.6) is 11.5 Å². The molecule has 0 fully saturated rings. The lowest BCUT2D eigenvalue weighted by atomic mass is 10.1. The molecule has 1 atom stereocenters. The minimum absolute atomic E-state index is 0.0800. The molecule has 1 N–H and O–H groups in total. The van der Waals surface area contributed by atoms with Crippen LogP contribution in [-0.2, 0) is 9.59 Å². The first-order chi connectivity index (χ1) is 13.6. The van der Waals surface area contributed by atoms with Crippen molar-refractivity contribution >= 4 is 23.2 Å². The lowest BCUT2D eigenvalue weighted by Crippen LogP contribution is -2.46. The molecule has 6 nitrogen and oxygen atoms in total. The highest BCUT2D eigenvalue weighted by Crippen LogP contribution is 2.36. The van der Waals surface area contributed by atoms with E-state index in [4.69, 9.17) is 9.47 Å². The number of carbonyl (C=O) groups is 2. The number of aryl methyl sites for hydroxylation is 1. The van der Waals surface area contributed by atoms with Gasteiger partial charge in [-0.25, -0.2) is 0 Å². The van der Waals surface area contributed by atoms with E-state index < -0.39 is 18.2 Å². The maximum absolute atomic E-state index is 12.5. The second-order valence-corrected chi connectivity index (χ2v) is 6.55. The van der Waals surface area contributed by atoms with Crippen molar-refractivity contribution in [2.45, 2.75) is 26.1 Å². The molecule has 0 radical (unpaired) electrons. The fraction of sp³-hybridized carbons (Fsp3) is 0.300. The van der Waals surface area contributed by atoms with Crippen LogP contribution in [0.1, 0.15) is 12.5 Å². The van der Waals surface area contributed by atoms with Gasteiger partial charge in [-0.15, -0.1) is 0 Å². The number of amides is 2. The van der Waals surface area contributed by atoms with Crippen LogP contribution in [0.4, 0.5) is 24.5 Å². The molecule has 2 aromatic carbocycles. The van der Waals surface area contributed by atoms with Crippen LogP contribution in [0.2, 0.25) is 0 Å². The fourth-order valence-electron chi connectivity index (χ4n) is 2.88. The van der Waals surface area contributed by atoms with Crippen molar-refractivity contribution in [2.24, 2.45) is 0 Å². The van der Waals surface area contributed by atoms with Gasteiger partial charge in [0.2, 0.25) is 0 Å². The minimum atomic E-state index is -5.00. The molecule has 0 saturated carbocycles. The van der Waals surface area contributed by atoms with Crippen molar-refractivity contribution in [3.63, 3.8) is 0 Å². The highest BCUT2D eigenvalue weighted by atomic mass is 19.4. The highest BCUT2D eigenvalue weighted by molar-refractivity contribution is 6.01. The van der Waals surface area contributed by atoms with Crippen LogP contribution in [0.3, 0.4) is 0 Å². The van der Waals surface area contributed by atoms with Gasteiger partial charge in [0, 0.05) is 11.8 Å². The first-order valence-electron chi connectivity index (χ1n) is 8.85. The summed E-state index contributed by atoms with van der Waals surface area (Å²) >= 11 is 0. The number of benzene rings is 2. The molecule has 1 unspecified atom stereocenters. The Bertz CT molecular complexity index is 930. The zero-order chi connectivity index (χ0) is 21.2. The summed E-state index contributed by atoms with van der Waals surface area (Å²) in [6.45, 7) is 3.92. The van der Waals surface area contributed by atoms with Crippen molar-refractivity contribution in [1.82, 2.24) is 0 Å². The molecule has 154 valence electrons. The Hall–Kier alpha value is -3.23. The Morgan fingerprint density at radius 2 is 2.00 bits per heavy atom. The van der Waals surface area contributed by atoms with E-state index in [0.29, 0.717) is 11.4 Å². The number of hydrogen-bond donors (Lipinski definition) is 1. The van der Waals surface area contributed by atoms with Gasteiger partial charge in [-0.05, 0) is 43.7 Å². The molecule has 3 rings (SSSR count). The third kappa shape index (κ3) is 4.79. The molecule has 2 amide bonds. The summed E-state index contributed by atoms with van der Waals surface area (Å²) in [5, 5.41) is 1.77. The van der Waals surface area contributed by atoms with Gasteiger partial charge < -0.3 is 19.7 Å². The molecule has 0 bridgehead atoms. The Balaban J connectivity index is 1.74. The summed E-state index contributed by atoms with van der Waals surface area (Å²) in [5.41, 5.74) is 1.35. The Morgan fingerprint density at radius 1 is 1.24 bits per heavy atom.